The van der Waals surface area contributed by atoms with E-state index in [0.29, 0.717) is 24.7 Å². The van der Waals surface area contributed by atoms with Crippen LogP contribution in [0.2, 0.25) is 0 Å². The van der Waals surface area contributed by atoms with Gasteiger partial charge in [-0.2, -0.15) is 0 Å². The Morgan fingerprint density at radius 3 is 2.83 bits per heavy atom. The lowest BCUT2D eigenvalue weighted by molar-refractivity contribution is -0.121. The minimum Gasteiger partial charge on any atom is -0.497 e. The second kappa shape index (κ2) is 8.18. The van der Waals surface area contributed by atoms with Crippen molar-refractivity contribution in [3.8, 4) is 17.2 Å². The van der Waals surface area contributed by atoms with E-state index in [1.807, 2.05) is 66.2 Å². The number of ether oxygens (including phenoxy) is 1. The Bertz CT molecular complexity index is 1150. The summed E-state index contributed by atoms with van der Waals surface area (Å²) in [5.74, 6) is 1.74. The van der Waals surface area contributed by atoms with E-state index in [1.165, 1.54) is 0 Å². The van der Waals surface area contributed by atoms with E-state index in [0.717, 1.165) is 27.8 Å². The molecule has 0 aliphatic carbocycles. The molecule has 7 heteroatoms. The number of hydrogen-bond acceptors (Lipinski definition) is 5. The van der Waals surface area contributed by atoms with Gasteiger partial charge in [0.1, 0.15) is 12.3 Å². The molecule has 4 aromatic rings. The molecule has 7 nitrogen and oxygen atoms in total. The molecular formula is C22H22N4O3. The Hall–Kier alpha value is -3.61. The van der Waals surface area contributed by atoms with Gasteiger partial charge < -0.3 is 19.0 Å². The molecule has 0 bridgehead atoms. The van der Waals surface area contributed by atoms with Crippen LogP contribution in [-0.2, 0) is 24.3 Å². The molecule has 4 rings (SSSR count). The topological polar surface area (TPSA) is 82.2 Å². The van der Waals surface area contributed by atoms with Crippen LogP contribution in [0.1, 0.15) is 18.4 Å². The van der Waals surface area contributed by atoms with Gasteiger partial charge in [-0.05, 0) is 23.8 Å². The summed E-state index contributed by atoms with van der Waals surface area (Å²) in [6.07, 6.45) is 2.57. The zero-order valence-corrected chi connectivity index (χ0v) is 16.4. The van der Waals surface area contributed by atoms with E-state index in [4.69, 9.17) is 9.15 Å². The maximum Gasteiger partial charge on any atom is 0.249 e. The van der Waals surface area contributed by atoms with Crippen LogP contribution in [0.4, 0.5) is 0 Å². The van der Waals surface area contributed by atoms with Crippen molar-refractivity contribution in [3.05, 3.63) is 66.2 Å². The number of benzene rings is 2. The average Bonchev–Trinajstić information content (AvgIpc) is 3.37. The molecule has 0 radical (unpaired) electrons. The fraction of sp³-hybridized carbons (Fsp3) is 0.227. The molecule has 1 amide bonds. The zero-order chi connectivity index (χ0) is 20.2. The maximum atomic E-state index is 12.6. The van der Waals surface area contributed by atoms with Crippen molar-refractivity contribution >= 4 is 16.8 Å². The maximum absolute atomic E-state index is 12.6. The summed E-state index contributed by atoms with van der Waals surface area (Å²) in [4.78, 5) is 12.6. The number of nitrogens with zero attached hydrogens (tertiary/aromatic N) is 3. The van der Waals surface area contributed by atoms with Crippen molar-refractivity contribution in [2.45, 2.75) is 26.4 Å². The summed E-state index contributed by atoms with van der Waals surface area (Å²) in [5.41, 5.74) is 2.75. The summed E-state index contributed by atoms with van der Waals surface area (Å²) in [6.45, 7) is 2.60. The molecule has 2 heterocycles. The van der Waals surface area contributed by atoms with Crippen LogP contribution in [0.25, 0.3) is 22.4 Å². The lowest BCUT2D eigenvalue weighted by Gasteiger charge is -2.08. The van der Waals surface area contributed by atoms with Gasteiger partial charge in [0.2, 0.25) is 17.7 Å². The number of aryl methyl sites for hydroxylation is 1. The van der Waals surface area contributed by atoms with E-state index in [9.17, 15) is 4.79 Å². The number of nitrogens with one attached hydrogen (secondary N) is 1. The molecule has 0 unspecified atom stereocenters. The van der Waals surface area contributed by atoms with Crippen LogP contribution < -0.4 is 10.1 Å². The Labute approximate surface area is 168 Å². The van der Waals surface area contributed by atoms with Crippen LogP contribution in [0.15, 0.2) is 59.1 Å². The number of methoxy groups -OCH3 is 1. The summed E-state index contributed by atoms with van der Waals surface area (Å²) >= 11 is 0. The van der Waals surface area contributed by atoms with Gasteiger partial charge in [0.25, 0.3) is 0 Å². The molecule has 0 spiro atoms. The highest BCUT2D eigenvalue weighted by molar-refractivity contribution is 5.94. The second-order valence-electron chi connectivity index (χ2n) is 6.67. The van der Waals surface area contributed by atoms with Crippen LogP contribution in [0.5, 0.6) is 5.75 Å². The van der Waals surface area contributed by atoms with E-state index < -0.39 is 0 Å². The van der Waals surface area contributed by atoms with Crippen LogP contribution in [0, 0.1) is 0 Å². The van der Waals surface area contributed by atoms with E-state index in [2.05, 4.69) is 15.5 Å². The first-order chi connectivity index (χ1) is 14.2. The number of para-hydroxylation sites is 1. The molecule has 0 aliphatic rings. The van der Waals surface area contributed by atoms with Gasteiger partial charge >= 0.3 is 0 Å². The molecule has 2 aromatic carbocycles. The zero-order valence-electron chi connectivity index (χ0n) is 16.4. The molecule has 0 saturated heterocycles. The molecule has 1 N–H and O–H groups in total. The van der Waals surface area contributed by atoms with Crippen molar-refractivity contribution in [1.29, 1.82) is 0 Å². The SMILES string of the molecule is CCc1nnc(-c2cn(CC(=O)NCc3cccc(OC)c3)c3ccccc23)o1. The number of hydrogen-bond donors (Lipinski definition) is 1. The molecule has 0 saturated carbocycles. The van der Waals surface area contributed by atoms with Crippen molar-refractivity contribution < 1.29 is 13.9 Å². The van der Waals surface area contributed by atoms with Crippen molar-refractivity contribution in [2.75, 3.05) is 7.11 Å². The highest BCUT2D eigenvalue weighted by Gasteiger charge is 2.16. The Morgan fingerprint density at radius 2 is 2.03 bits per heavy atom. The predicted molar refractivity (Wildman–Crippen MR) is 109 cm³/mol. The summed E-state index contributed by atoms with van der Waals surface area (Å²) in [5, 5.41) is 12.1. The molecule has 0 aliphatic heterocycles. The van der Waals surface area contributed by atoms with Gasteiger partial charge in [0, 0.05) is 30.1 Å². The number of fused-ring (bicyclic) bond motifs is 1. The van der Waals surface area contributed by atoms with Crippen LogP contribution in [-0.4, -0.2) is 27.8 Å². The van der Waals surface area contributed by atoms with Crippen molar-refractivity contribution in [3.63, 3.8) is 0 Å². The number of rotatable bonds is 7. The highest BCUT2D eigenvalue weighted by Crippen LogP contribution is 2.29. The molecule has 148 valence electrons. The van der Waals surface area contributed by atoms with Crippen LogP contribution in [0.3, 0.4) is 0 Å². The fourth-order valence-corrected chi connectivity index (χ4v) is 3.25. The summed E-state index contributed by atoms with van der Waals surface area (Å²) < 4.78 is 12.9. The van der Waals surface area contributed by atoms with Gasteiger partial charge in [-0.25, -0.2) is 0 Å². The largest absolute Gasteiger partial charge is 0.497 e. The minimum absolute atomic E-state index is 0.0834. The average molecular weight is 390 g/mol. The first-order valence-electron chi connectivity index (χ1n) is 9.48. The number of carbonyl (C=O) groups excluding carboxylic acids is 1. The first kappa shape index (κ1) is 18.7. The first-order valence-corrected chi connectivity index (χ1v) is 9.48. The van der Waals surface area contributed by atoms with Gasteiger partial charge in [-0.3, -0.25) is 4.79 Å². The number of aromatic nitrogens is 3. The third-order valence-corrected chi connectivity index (χ3v) is 4.73. The van der Waals surface area contributed by atoms with Crippen molar-refractivity contribution in [1.82, 2.24) is 20.1 Å². The smallest absolute Gasteiger partial charge is 0.249 e. The molecule has 29 heavy (non-hydrogen) atoms. The molecular weight excluding hydrogens is 368 g/mol. The van der Waals surface area contributed by atoms with E-state index in [-0.39, 0.29) is 12.5 Å². The molecule has 0 fully saturated rings. The lowest BCUT2D eigenvalue weighted by atomic mass is 10.2. The number of amides is 1. The molecule has 0 atom stereocenters. The Kier molecular flexibility index (Phi) is 5.29. The summed E-state index contributed by atoms with van der Waals surface area (Å²) in [7, 11) is 1.62. The number of carbonyl (C=O) groups is 1. The van der Waals surface area contributed by atoms with E-state index >= 15 is 0 Å². The van der Waals surface area contributed by atoms with Gasteiger partial charge in [-0.1, -0.05) is 37.3 Å². The monoisotopic (exact) mass is 390 g/mol. The fourth-order valence-electron chi connectivity index (χ4n) is 3.25. The third-order valence-electron chi connectivity index (χ3n) is 4.73. The standard InChI is InChI=1S/C22H22N4O3/c1-3-21-24-25-22(29-21)18-13-26(19-10-5-4-9-17(18)19)14-20(27)23-12-15-7-6-8-16(11-15)28-2/h4-11,13H,3,12,14H2,1-2H3,(H,23,27). The van der Waals surface area contributed by atoms with Gasteiger partial charge in [0.05, 0.1) is 12.7 Å². The summed E-state index contributed by atoms with van der Waals surface area (Å²) in [6, 6.07) is 15.5. The quantitative estimate of drug-likeness (QED) is 0.522. The Morgan fingerprint density at radius 1 is 1.17 bits per heavy atom. The van der Waals surface area contributed by atoms with Crippen molar-refractivity contribution in [2.24, 2.45) is 0 Å². The minimum atomic E-state index is -0.0834. The predicted octanol–water partition coefficient (Wildman–Crippen LogP) is 3.58. The lowest BCUT2D eigenvalue weighted by Crippen LogP contribution is -2.26. The normalized spacial score (nSPS) is 11.0. The second-order valence-corrected chi connectivity index (χ2v) is 6.67. The highest BCUT2D eigenvalue weighted by atomic mass is 16.5. The molecule has 2 aromatic heterocycles. The Balaban J connectivity index is 1.53. The van der Waals surface area contributed by atoms with E-state index in [1.54, 1.807) is 7.11 Å². The third kappa shape index (κ3) is 3.99. The van der Waals surface area contributed by atoms with Gasteiger partial charge in [0.15, 0.2) is 0 Å². The van der Waals surface area contributed by atoms with Gasteiger partial charge in [-0.15, -0.1) is 10.2 Å². The van der Waals surface area contributed by atoms with Crippen LogP contribution >= 0.6 is 0 Å².